The molecule has 1 aliphatic heterocycles. The van der Waals surface area contributed by atoms with Gasteiger partial charge in [0.2, 0.25) is 0 Å². The van der Waals surface area contributed by atoms with Crippen molar-refractivity contribution in [2.75, 3.05) is 6.79 Å². The van der Waals surface area contributed by atoms with E-state index in [9.17, 15) is 10.1 Å². The van der Waals surface area contributed by atoms with Crippen molar-refractivity contribution < 1.29 is 14.4 Å². The number of ether oxygens (including phenoxy) is 2. The molecule has 5 nitrogen and oxygen atoms in total. The van der Waals surface area contributed by atoms with Crippen LogP contribution in [0.2, 0.25) is 0 Å². The summed E-state index contributed by atoms with van der Waals surface area (Å²) in [6.45, 7) is 0.527. The molecule has 0 fully saturated rings. The lowest BCUT2D eigenvalue weighted by atomic mass is 10.2. The van der Waals surface area contributed by atoms with Crippen molar-refractivity contribution in [1.82, 2.24) is 0 Å². The minimum atomic E-state index is -0.445. The third kappa shape index (κ3) is 1.58. The van der Waals surface area contributed by atoms with E-state index in [4.69, 9.17) is 9.47 Å². The maximum absolute atomic E-state index is 10.5. The summed E-state index contributed by atoms with van der Waals surface area (Å²) in [7, 11) is 0. The standard InChI is InChI=1S/C8H6BrNO4/c9-7-2-6(10(11)12)1-5-3-13-4-14-8(5)7/h1-2H,3-4H2. The van der Waals surface area contributed by atoms with Gasteiger partial charge >= 0.3 is 0 Å². The van der Waals surface area contributed by atoms with Crippen molar-refractivity contribution in [2.45, 2.75) is 6.61 Å². The summed E-state index contributed by atoms with van der Waals surface area (Å²) < 4.78 is 10.8. The third-order valence-corrected chi connectivity index (χ3v) is 2.45. The molecule has 0 amide bonds. The Morgan fingerprint density at radius 2 is 2.29 bits per heavy atom. The highest BCUT2D eigenvalue weighted by Gasteiger charge is 2.19. The van der Waals surface area contributed by atoms with Crippen molar-refractivity contribution >= 4 is 21.6 Å². The van der Waals surface area contributed by atoms with E-state index >= 15 is 0 Å². The van der Waals surface area contributed by atoms with Crippen LogP contribution in [0.3, 0.4) is 0 Å². The maximum atomic E-state index is 10.5. The Balaban J connectivity index is 2.51. The van der Waals surface area contributed by atoms with Crippen LogP contribution < -0.4 is 4.74 Å². The van der Waals surface area contributed by atoms with Crippen LogP contribution in [0.15, 0.2) is 16.6 Å². The van der Waals surface area contributed by atoms with Crippen LogP contribution in [0.4, 0.5) is 5.69 Å². The Hall–Kier alpha value is -1.14. The van der Waals surface area contributed by atoms with Crippen LogP contribution in [0.5, 0.6) is 5.75 Å². The van der Waals surface area contributed by atoms with E-state index in [0.717, 1.165) is 0 Å². The summed E-state index contributed by atoms with van der Waals surface area (Å²) in [5, 5.41) is 10.5. The van der Waals surface area contributed by atoms with E-state index in [0.29, 0.717) is 22.4 Å². The Morgan fingerprint density at radius 1 is 1.50 bits per heavy atom. The van der Waals surface area contributed by atoms with Gasteiger partial charge in [-0.05, 0) is 15.9 Å². The molecular formula is C8H6BrNO4. The summed E-state index contributed by atoms with van der Waals surface area (Å²) >= 11 is 3.22. The maximum Gasteiger partial charge on any atom is 0.271 e. The van der Waals surface area contributed by atoms with Gasteiger partial charge in [-0.25, -0.2) is 0 Å². The van der Waals surface area contributed by atoms with Gasteiger partial charge in [-0.1, -0.05) is 0 Å². The zero-order chi connectivity index (χ0) is 10.1. The summed E-state index contributed by atoms with van der Waals surface area (Å²) in [6, 6.07) is 2.88. The smallest absolute Gasteiger partial charge is 0.271 e. The predicted octanol–water partition coefficient (Wildman–Crippen LogP) is 2.22. The summed E-state index contributed by atoms with van der Waals surface area (Å²) in [5.74, 6) is 0.627. The molecule has 6 heteroatoms. The van der Waals surface area contributed by atoms with Gasteiger partial charge in [-0.15, -0.1) is 0 Å². The molecule has 1 aromatic carbocycles. The fraction of sp³-hybridized carbons (Fsp3) is 0.250. The van der Waals surface area contributed by atoms with Gasteiger partial charge in [0, 0.05) is 17.7 Å². The number of nitro groups is 1. The summed E-state index contributed by atoms with van der Waals surface area (Å²) in [4.78, 5) is 10.1. The van der Waals surface area contributed by atoms with Crippen LogP contribution in [0.1, 0.15) is 5.56 Å². The number of non-ortho nitro benzene ring substituents is 1. The number of hydrogen-bond donors (Lipinski definition) is 0. The first-order chi connectivity index (χ1) is 6.68. The molecule has 0 N–H and O–H groups in total. The highest BCUT2D eigenvalue weighted by Crippen LogP contribution is 2.35. The number of fused-ring (bicyclic) bond motifs is 1. The quantitative estimate of drug-likeness (QED) is 0.573. The molecule has 0 aromatic heterocycles. The molecule has 0 saturated heterocycles. The number of rotatable bonds is 1. The van der Waals surface area contributed by atoms with E-state index < -0.39 is 4.92 Å². The van der Waals surface area contributed by atoms with Crippen molar-refractivity contribution in [2.24, 2.45) is 0 Å². The van der Waals surface area contributed by atoms with Gasteiger partial charge in [-0.3, -0.25) is 10.1 Å². The second-order valence-electron chi connectivity index (χ2n) is 2.78. The zero-order valence-electron chi connectivity index (χ0n) is 7.03. The van der Waals surface area contributed by atoms with Gasteiger partial charge in [0.15, 0.2) is 6.79 Å². The van der Waals surface area contributed by atoms with Gasteiger partial charge in [-0.2, -0.15) is 0 Å². The Kier molecular flexibility index (Phi) is 2.39. The number of nitrogens with zero attached hydrogens (tertiary/aromatic N) is 1. The zero-order valence-corrected chi connectivity index (χ0v) is 8.61. The lowest BCUT2D eigenvalue weighted by molar-refractivity contribution is -0.385. The van der Waals surface area contributed by atoms with E-state index in [-0.39, 0.29) is 12.5 Å². The molecule has 0 unspecified atom stereocenters. The van der Waals surface area contributed by atoms with Gasteiger partial charge in [0.1, 0.15) is 5.75 Å². The second kappa shape index (κ2) is 3.55. The highest BCUT2D eigenvalue weighted by atomic mass is 79.9. The number of halogens is 1. The third-order valence-electron chi connectivity index (χ3n) is 1.86. The molecule has 1 aliphatic rings. The second-order valence-corrected chi connectivity index (χ2v) is 3.64. The Bertz CT molecular complexity index is 393. The summed E-state index contributed by atoms with van der Waals surface area (Å²) in [5.41, 5.74) is 0.724. The highest BCUT2D eigenvalue weighted by molar-refractivity contribution is 9.10. The molecule has 0 saturated carbocycles. The average molecular weight is 260 g/mol. The van der Waals surface area contributed by atoms with E-state index in [1.54, 1.807) is 0 Å². The summed E-state index contributed by atoms with van der Waals surface area (Å²) in [6.07, 6.45) is 0. The first-order valence-corrected chi connectivity index (χ1v) is 4.65. The van der Waals surface area contributed by atoms with E-state index in [1.807, 2.05) is 0 Å². The SMILES string of the molecule is O=[N+]([O-])c1cc(Br)c2c(c1)COCO2. The molecular weight excluding hydrogens is 254 g/mol. The molecule has 0 aliphatic carbocycles. The lowest BCUT2D eigenvalue weighted by Crippen LogP contribution is -2.12. The molecule has 1 heterocycles. The number of nitro benzene ring substituents is 1. The van der Waals surface area contributed by atoms with E-state index in [2.05, 4.69) is 15.9 Å². The topological polar surface area (TPSA) is 61.6 Å². The van der Waals surface area contributed by atoms with Crippen molar-refractivity contribution in [3.05, 3.63) is 32.3 Å². The fourth-order valence-electron chi connectivity index (χ4n) is 1.26. The molecule has 14 heavy (non-hydrogen) atoms. The van der Waals surface area contributed by atoms with Gasteiger partial charge < -0.3 is 9.47 Å². The minimum Gasteiger partial charge on any atom is -0.466 e. The predicted molar refractivity (Wildman–Crippen MR) is 51.1 cm³/mol. The van der Waals surface area contributed by atoms with Crippen LogP contribution >= 0.6 is 15.9 Å². The van der Waals surface area contributed by atoms with Crippen LogP contribution in [0, 0.1) is 10.1 Å². The molecule has 1 aromatic rings. The van der Waals surface area contributed by atoms with Crippen LogP contribution in [-0.2, 0) is 11.3 Å². The minimum absolute atomic E-state index is 0.0322. The Labute approximate surface area is 87.9 Å². The molecule has 0 radical (unpaired) electrons. The molecule has 0 spiro atoms. The van der Waals surface area contributed by atoms with Crippen LogP contribution in [0.25, 0.3) is 0 Å². The largest absolute Gasteiger partial charge is 0.466 e. The fourth-order valence-corrected chi connectivity index (χ4v) is 1.86. The normalized spacial score (nSPS) is 14.4. The van der Waals surface area contributed by atoms with Crippen molar-refractivity contribution in [1.29, 1.82) is 0 Å². The molecule has 0 atom stereocenters. The number of benzene rings is 1. The number of hydrogen-bond acceptors (Lipinski definition) is 4. The average Bonchev–Trinajstić information content (AvgIpc) is 2.17. The molecule has 74 valence electrons. The molecule has 0 bridgehead atoms. The van der Waals surface area contributed by atoms with E-state index in [1.165, 1.54) is 12.1 Å². The van der Waals surface area contributed by atoms with Gasteiger partial charge in [0.25, 0.3) is 5.69 Å². The first kappa shape index (κ1) is 9.42. The monoisotopic (exact) mass is 259 g/mol. The van der Waals surface area contributed by atoms with Crippen LogP contribution in [-0.4, -0.2) is 11.7 Å². The van der Waals surface area contributed by atoms with Crippen molar-refractivity contribution in [3.63, 3.8) is 0 Å². The lowest BCUT2D eigenvalue weighted by Gasteiger charge is -2.18. The van der Waals surface area contributed by atoms with Crippen molar-refractivity contribution in [3.8, 4) is 5.75 Å². The first-order valence-electron chi connectivity index (χ1n) is 3.86. The molecule has 2 rings (SSSR count). The van der Waals surface area contributed by atoms with Gasteiger partial charge in [0.05, 0.1) is 16.0 Å². The Morgan fingerprint density at radius 3 is 3.00 bits per heavy atom.